The lowest BCUT2D eigenvalue weighted by molar-refractivity contribution is -0.141. The van der Waals surface area contributed by atoms with Crippen molar-refractivity contribution in [2.45, 2.75) is 51.8 Å². The Morgan fingerprint density at radius 3 is 2.71 bits per heavy atom. The van der Waals surface area contributed by atoms with Gasteiger partial charge in [0.1, 0.15) is 18.1 Å². The van der Waals surface area contributed by atoms with Crippen molar-refractivity contribution in [3.05, 3.63) is 81.5 Å². The third kappa shape index (κ3) is 5.79. The number of ether oxygens (including phenoxy) is 1. The van der Waals surface area contributed by atoms with Gasteiger partial charge >= 0.3 is 0 Å². The molecule has 1 fully saturated rings. The fraction of sp³-hybridized carbons (Fsp3) is 0.379. The maximum absolute atomic E-state index is 14.0. The Hall–Kier alpha value is -3.56. The zero-order valence-electron chi connectivity index (χ0n) is 21.8. The Kier molecular flexibility index (Phi) is 8.14. The number of nitrogens with one attached hydrogen (secondary N) is 1. The highest BCUT2D eigenvalue weighted by Crippen LogP contribution is 2.30. The zero-order valence-corrected chi connectivity index (χ0v) is 22.6. The second kappa shape index (κ2) is 11.9. The molecule has 1 saturated heterocycles. The number of rotatable bonds is 10. The molecule has 3 heterocycles. The van der Waals surface area contributed by atoms with E-state index in [9.17, 15) is 9.59 Å². The minimum absolute atomic E-state index is 0.00573. The second-order valence-corrected chi connectivity index (χ2v) is 10.7. The third-order valence-electron chi connectivity index (χ3n) is 7.15. The largest absolute Gasteiger partial charge is 0.376 e. The van der Waals surface area contributed by atoms with Crippen LogP contribution in [0, 0.1) is 13.8 Å². The Morgan fingerprint density at radius 2 is 1.95 bits per heavy atom. The molecule has 0 radical (unpaired) electrons. The summed E-state index contributed by atoms with van der Waals surface area (Å²) in [5.74, 6) is -0.369. The monoisotopic (exact) mass is 531 g/mol. The summed E-state index contributed by atoms with van der Waals surface area (Å²) in [6.45, 7) is 5.60. The summed E-state index contributed by atoms with van der Waals surface area (Å²) in [4.78, 5) is 30.4. The minimum Gasteiger partial charge on any atom is -0.376 e. The van der Waals surface area contributed by atoms with E-state index in [0.717, 1.165) is 52.0 Å². The molecule has 2 amide bonds. The number of hydrogen-bond donors (Lipinski definition) is 1. The lowest BCUT2D eigenvalue weighted by atomic mass is 10.0. The molecule has 0 unspecified atom stereocenters. The van der Waals surface area contributed by atoms with Crippen molar-refractivity contribution in [2.75, 3.05) is 19.7 Å². The molecule has 0 aliphatic carbocycles. The molecule has 0 spiro atoms. The van der Waals surface area contributed by atoms with Crippen molar-refractivity contribution in [2.24, 2.45) is 0 Å². The van der Waals surface area contributed by atoms with E-state index in [1.165, 1.54) is 11.3 Å². The number of aryl methyl sites for hydroxylation is 2. The number of thiophene rings is 1. The summed E-state index contributed by atoms with van der Waals surface area (Å²) in [5, 5.41) is 13.5. The average molecular weight is 532 g/mol. The van der Waals surface area contributed by atoms with Gasteiger partial charge in [-0.3, -0.25) is 9.59 Å². The normalized spacial score (nSPS) is 16.0. The van der Waals surface area contributed by atoms with Crippen LogP contribution in [0.1, 0.15) is 40.5 Å². The number of para-hydroxylation sites is 1. The van der Waals surface area contributed by atoms with E-state index in [-0.39, 0.29) is 24.5 Å². The number of carbonyl (C=O) groups is 2. The van der Waals surface area contributed by atoms with Crippen molar-refractivity contribution in [1.29, 1.82) is 0 Å². The zero-order chi connectivity index (χ0) is 26.5. The summed E-state index contributed by atoms with van der Waals surface area (Å²) in [6.07, 6.45) is 2.58. The van der Waals surface area contributed by atoms with Gasteiger partial charge in [-0.1, -0.05) is 41.6 Å². The van der Waals surface area contributed by atoms with Crippen LogP contribution in [0.5, 0.6) is 0 Å². The van der Waals surface area contributed by atoms with E-state index < -0.39 is 6.04 Å². The molecular formula is C29H33N5O3S. The van der Waals surface area contributed by atoms with Crippen molar-refractivity contribution >= 4 is 34.2 Å². The summed E-state index contributed by atoms with van der Waals surface area (Å²) in [7, 11) is 0. The van der Waals surface area contributed by atoms with Crippen LogP contribution in [0.25, 0.3) is 11.0 Å². The molecule has 4 aromatic rings. The van der Waals surface area contributed by atoms with Gasteiger partial charge in [-0.05, 0) is 73.4 Å². The van der Waals surface area contributed by atoms with Gasteiger partial charge in [0.05, 0.1) is 11.6 Å². The molecular weight excluding hydrogens is 498 g/mol. The molecule has 1 aliphatic rings. The first kappa shape index (κ1) is 26.1. The number of nitrogens with zero attached hydrogens (tertiary/aromatic N) is 4. The smallest absolute Gasteiger partial charge is 0.248 e. The highest BCUT2D eigenvalue weighted by Gasteiger charge is 2.34. The fourth-order valence-corrected chi connectivity index (χ4v) is 6.00. The van der Waals surface area contributed by atoms with Crippen molar-refractivity contribution in [3.8, 4) is 0 Å². The number of benzene rings is 2. The molecule has 5 rings (SSSR count). The van der Waals surface area contributed by atoms with Gasteiger partial charge in [0.25, 0.3) is 0 Å². The quantitative estimate of drug-likeness (QED) is 0.331. The van der Waals surface area contributed by atoms with Crippen LogP contribution in [0.4, 0.5) is 0 Å². The first-order chi connectivity index (χ1) is 18.5. The average Bonchev–Trinajstić information content (AvgIpc) is 3.68. The Balaban J connectivity index is 1.46. The van der Waals surface area contributed by atoms with Crippen molar-refractivity contribution in [1.82, 2.24) is 25.2 Å². The number of aromatic nitrogens is 3. The molecule has 9 heteroatoms. The summed E-state index contributed by atoms with van der Waals surface area (Å²) in [6, 6.07) is 17.0. The van der Waals surface area contributed by atoms with Gasteiger partial charge in [0.2, 0.25) is 11.8 Å². The highest BCUT2D eigenvalue weighted by atomic mass is 32.1. The Morgan fingerprint density at radius 1 is 1.13 bits per heavy atom. The van der Waals surface area contributed by atoms with Crippen LogP contribution in [0.3, 0.4) is 0 Å². The number of hydrogen-bond acceptors (Lipinski definition) is 6. The van der Waals surface area contributed by atoms with Gasteiger partial charge in [0.15, 0.2) is 0 Å². The van der Waals surface area contributed by atoms with Crippen LogP contribution in [-0.4, -0.2) is 57.5 Å². The van der Waals surface area contributed by atoms with E-state index in [0.29, 0.717) is 19.5 Å². The molecule has 0 bridgehead atoms. The van der Waals surface area contributed by atoms with Gasteiger partial charge in [0, 0.05) is 24.6 Å². The maximum atomic E-state index is 14.0. The van der Waals surface area contributed by atoms with E-state index in [2.05, 4.69) is 34.7 Å². The minimum atomic E-state index is -0.747. The van der Waals surface area contributed by atoms with Crippen molar-refractivity contribution in [3.63, 3.8) is 0 Å². The van der Waals surface area contributed by atoms with E-state index in [1.807, 2.05) is 54.8 Å². The van der Waals surface area contributed by atoms with Crippen LogP contribution < -0.4 is 5.32 Å². The second-order valence-electron chi connectivity index (χ2n) is 9.75. The third-order valence-corrected chi connectivity index (χ3v) is 8.22. The number of amides is 2. The standard InChI is InChI=1S/C29H33N5O3S/c1-20-8-3-4-9-22(20)13-15-33(26(35)19-34-25-12-6-5-11-24(25)31-32-34)27(28-21(2)14-17-38-28)29(36)30-18-23-10-7-16-37-23/h3-6,8-9,11-12,14,17,23,27H,7,10,13,15-16,18-19H2,1-2H3,(H,30,36)/t23-,27-/m1/s1. The first-order valence-corrected chi connectivity index (χ1v) is 13.9. The van der Waals surface area contributed by atoms with E-state index in [4.69, 9.17) is 4.74 Å². The van der Waals surface area contributed by atoms with Crippen molar-refractivity contribution < 1.29 is 14.3 Å². The Labute approximate surface area is 226 Å². The topological polar surface area (TPSA) is 89.4 Å². The molecule has 2 aromatic carbocycles. The van der Waals surface area contributed by atoms with Crippen LogP contribution in [0.15, 0.2) is 60.0 Å². The molecule has 2 atom stereocenters. The molecule has 8 nitrogen and oxygen atoms in total. The summed E-state index contributed by atoms with van der Waals surface area (Å²) < 4.78 is 7.34. The molecule has 2 aromatic heterocycles. The fourth-order valence-electron chi connectivity index (χ4n) is 4.97. The lowest BCUT2D eigenvalue weighted by Gasteiger charge is -2.31. The lowest BCUT2D eigenvalue weighted by Crippen LogP contribution is -2.47. The SMILES string of the molecule is Cc1ccccc1CCN(C(=O)Cn1nnc2ccccc21)[C@@H](C(=O)NC[C@H]1CCCO1)c1sccc1C. The van der Waals surface area contributed by atoms with Gasteiger partial charge in [-0.25, -0.2) is 4.68 Å². The predicted molar refractivity (Wildman–Crippen MR) is 148 cm³/mol. The molecule has 1 N–H and O–H groups in total. The first-order valence-electron chi connectivity index (χ1n) is 13.1. The predicted octanol–water partition coefficient (Wildman–Crippen LogP) is 4.22. The maximum Gasteiger partial charge on any atom is 0.248 e. The molecule has 0 saturated carbocycles. The molecule has 38 heavy (non-hydrogen) atoms. The molecule has 1 aliphatic heterocycles. The number of fused-ring (bicyclic) bond motifs is 1. The molecule has 198 valence electrons. The number of carbonyl (C=O) groups excluding carboxylic acids is 2. The van der Waals surface area contributed by atoms with Gasteiger partial charge in [-0.15, -0.1) is 16.4 Å². The van der Waals surface area contributed by atoms with Gasteiger partial charge < -0.3 is 15.0 Å². The summed E-state index contributed by atoms with van der Waals surface area (Å²) in [5.41, 5.74) is 4.82. The van der Waals surface area contributed by atoms with Crippen LogP contribution in [0.2, 0.25) is 0 Å². The van der Waals surface area contributed by atoms with E-state index >= 15 is 0 Å². The van der Waals surface area contributed by atoms with Crippen LogP contribution >= 0.6 is 11.3 Å². The Bertz CT molecular complexity index is 1410. The van der Waals surface area contributed by atoms with Crippen LogP contribution in [-0.2, 0) is 27.3 Å². The highest BCUT2D eigenvalue weighted by molar-refractivity contribution is 7.10. The van der Waals surface area contributed by atoms with E-state index in [1.54, 1.807) is 9.58 Å². The summed E-state index contributed by atoms with van der Waals surface area (Å²) >= 11 is 1.50. The van der Waals surface area contributed by atoms with Gasteiger partial charge in [-0.2, -0.15) is 0 Å².